The van der Waals surface area contributed by atoms with E-state index in [0.717, 1.165) is 0 Å². The van der Waals surface area contributed by atoms with Crippen molar-refractivity contribution in [2.24, 2.45) is 0 Å². The van der Waals surface area contributed by atoms with E-state index in [2.05, 4.69) is 20.2 Å². The van der Waals surface area contributed by atoms with Gasteiger partial charge >= 0.3 is 0 Å². The van der Waals surface area contributed by atoms with Crippen molar-refractivity contribution in [3.8, 4) is 0 Å². The molecular weight excluding hydrogens is 228 g/mol. The van der Waals surface area contributed by atoms with E-state index in [1.54, 1.807) is 0 Å². The van der Waals surface area contributed by atoms with Gasteiger partial charge in [-0.2, -0.15) is 5.10 Å². The first-order chi connectivity index (χ1) is 8.15. The van der Waals surface area contributed by atoms with Gasteiger partial charge in [0.2, 0.25) is 0 Å². The Morgan fingerprint density at radius 3 is 2.88 bits per heavy atom. The predicted octanol–water partition coefficient (Wildman–Crippen LogP) is -1.58. The quantitative estimate of drug-likeness (QED) is 0.438. The Kier molecular flexibility index (Phi) is 3.18. The average Bonchev–Trinajstić information content (AvgIpc) is 2.73. The molecule has 0 bridgehead atoms. The van der Waals surface area contributed by atoms with E-state index in [9.17, 15) is 15.0 Å². The summed E-state index contributed by atoms with van der Waals surface area (Å²) in [4.78, 5) is 17.7. The van der Waals surface area contributed by atoms with Crippen molar-refractivity contribution in [1.82, 2.24) is 20.2 Å². The number of aliphatic hydroxyl groups is 3. The van der Waals surface area contributed by atoms with Gasteiger partial charge < -0.3 is 20.3 Å². The molecule has 0 aromatic carbocycles. The molecule has 0 aliphatic rings. The molecule has 0 saturated carbocycles. The molecule has 0 amide bonds. The molecule has 92 valence electrons. The number of aromatic nitrogens is 4. The summed E-state index contributed by atoms with van der Waals surface area (Å²) >= 11 is 0. The zero-order valence-electron chi connectivity index (χ0n) is 8.79. The van der Waals surface area contributed by atoms with Gasteiger partial charge in [-0.1, -0.05) is 0 Å². The number of hydrogen-bond acceptors (Lipinski definition) is 6. The molecule has 2 unspecified atom stereocenters. The van der Waals surface area contributed by atoms with Crippen molar-refractivity contribution < 1.29 is 15.3 Å². The number of aliphatic hydroxyl groups excluding tert-OH is 3. The molecule has 0 spiro atoms. The topological polar surface area (TPSA) is 135 Å². The molecule has 2 atom stereocenters. The molecule has 8 heteroatoms. The lowest BCUT2D eigenvalue weighted by Gasteiger charge is -2.15. The number of aromatic amines is 2. The van der Waals surface area contributed by atoms with Crippen molar-refractivity contribution in [1.29, 1.82) is 0 Å². The van der Waals surface area contributed by atoms with E-state index in [-0.39, 0.29) is 29.8 Å². The Morgan fingerprint density at radius 2 is 2.18 bits per heavy atom. The Hall–Kier alpha value is -1.77. The lowest BCUT2D eigenvalue weighted by Crippen LogP contribution is -2.21. The van der Waals surface area contributed by atoms with Crippen LogP contribution >= 0.6 is 0 Å². The van der Waals surface area contributed by atoms with Crippen LogP contribution in [0.1, 0.15) is 18.2 Å². The highest BCUT2D eigenvalue weighted by Crippen LogP contribution is 2.21. The second kappa shape index (κ2) is 4.62. The van der Waals surface area contributed by atoms with E-state index < -0.39 is 17.8 Å². The van der Waals surface area contributed by atoms with Crippen LogP contribution < -0.4 is 5.56 Å². The van der Waals surface area contributed by atoms with Crippen LogP contribution in [0, 0.1) is 0 Å². The Labute approximate surface area is 95.0 Å². The summed E-state index contributed by atoms with van der Waals surface area (Å²) in [7, 11) is 0. The van der Waals surface area contributed by atoms with Crippen LogP contribution in [0.5, 0.6) is 0 Å². The standard InChI is InChI=1S/C9H12N4O4/c14-2-1-4(15)7(16)6-5-8(13-12-6)10-3-11-9(5)17/h3-4,7,14-16H,1-2H2,(H2,10,11,12,13,17). The van der Waals surface area contributed by atoms with Gasteiger partial charge in [0, 0.05) is 6.61 Å². The largest absolute Gasteiger partial charge is 0.396 e. The van der Waals surface area contributed by atoms with E-state index >= 15 is 0 Å². The van der Waals surface area contributed by atoms with Crippen LogP contribution in [-0.4, -0.2) is 48.2 Å². The lowest BCUT2D eigenvalue weighted by atomic mass is 10.1. The summed E-state index contributed by atoms with van der Waals surface area (Å²) in [5.41, 5.74) is -0.191. The van der Waals surface area contributed by atoms with Crippen LogP contribution in [0.25, 0.3) is 11.0 Å². The monoisotopic (exact) mass is 240 g/mol. The van der Waals surface area contributed by atoms with E-state index in [1.165, 1.54) is 6.33 Å². The third-order valence-corrected chi connectivity index (χ3v) is 2.47. The van der Waals surface area contributed by atoms with Crippen molar-refractivity contribution in [2.75, 3.05) is 6.61 Å². The van der Waals surface area contributed by atoms with Gasteiger partial charge in [0.25, 0.3) is 5.56 Å². The first-order valence-corrected chi connectivity index (χ1v) is 5.03. The normalized spacial score (nSPS) is 15.0. The molecule has 0 aliphatic heterocycles. The molecule has 2 rings (SSSR count). The minimum absolute atomic E-state index is 0.000152. The lowest BCUT2D eigenvalue weighted by molar-refractivity contribution is 0.00261. The number of hydrogen-bond donors (Lipinski definition) is 5. The molecular formula is C9H12N4O4. The van der Waals surface area contributed by atoms with Gasteiger partial charge in [0.1, 0.15) is 11.5 Å². The molecule has 0 radical (unpaired) electrons. The molecule has 5 N–H and O–H groups in total. The van der Waals surface area contributed by atoms with Crippen LogP contribution in [0.2, 0.25) is 0 Å². The maximum Gasteiger partial charge on any atom is 0.262 e. The molecule has 0 saturated heterocycles. The predicted molar refractivity (Wildman–Crippen MR) is 57.2 cm³/mol. The maximum absolute atomic E-state index is 11.5. The molecule has 0 aliphatic carbocycles. The molecule has 8 nitrogen and oxygen atoms in total. The Bertz CT molecular complexity index is 563. The Balaban J connectivity index is 2.45. The third-order valence-electron chi connectivity index (χ3n) is 2.47. The second-order valence-corrected chi connectivity index (χ2v) is 3.59. The maximum atomic E-state index is 11.5. The van der Waals surface area contributed by atoms with E-state index in [0.29, 0.717) is 0 Å². The SMILES string of the molecule is O=c1[nH]cnc2n[nH]c(C(O)C(O)CCO)c12. The molecule has 17 heavy (non-hydrogen) atoms. The van der Waals surface area contributed by atoms with Crippen LogP contribution in [0.4, 0.5) is 0 Å². The summed E-state index contributed by atoms with van der Waals surface area (Å²) < 4.78 is 0. The smallest absolute Gasteiger partial charge is 0.262 e. The summed E-state index contributed by atoms with van der Waals surface area (Å²) in [5.74, 6) is 0. The first kappa shape index (κ1) is 11.7. The fourth-order valence-electron chi connectivity index (χ4n) is 1.58. The Morgan fingerprint density at radius 1 is 1.41 bits per heavy atom. The first-order valence-electron chi connectivity index (χ1n) is 5.03. The van der Waals surface area contributed by atoms with Crippen LogP contribution in [0.3, 0.4) is 0 Å². The fourth-order valence-corrected chi connectivity index (χ4v) is 1.58. The van der Waals surface area contributed by atoms with Gasteiger partial charge in [-0.05, 0) is 6.42 Å². The third kappa shape index (κ3) is 2.05. The molecule has 2 heterocycles. The molecule has 2 aromatic heterocycles. The highest BCUT2D eigenvalue weighted by atomic mass is 16.3. The molecule has 2 aromatic rings. The number of H-pyrrole nitrogens is 2. The van der Waals surface area contributed by atoms with E-state index in [1.807, 2.05) is 0 Å². The van der Waals surface area contributed by atoms with Gasteiger partial charge in [-0.25, -0.2) is 4.98 Å². The van der Waals surface area contributed by atoms with Crippen molar-refractivity contribution >= 4 is 11.0 Å². The van der Waals surface area contributed by atoms with E-state index in [4.69, 9.17) is 5.11 Å². The zero-order chi connectivity index (χ0) is 12.4. The van der Waals surface area contributed by atoms with Crippen molar-refractivity contribution in [3.63, 3.8) is 0 Å². The van der Waals surface area contributed by atoms with Gasteiger partial charge in [0.05, 0.1) is 18.1 Å². The highest BCUT2D eigenvalue weighted by molar-refractivity contribution is 5.76. The molecule has 0 fully saturated rings. The minimum atomic E-state index is -1.32. The zero-order valence-corrected chi connectivity index (χ0v) is 8.79. The van der Waals surface area contributed by atoms with Gasteiger partial charge in [0.15, 0.2) is 5.65 Å². The summed E-state index contributed by atoms with van der Waals surface area (Å²) in [6.45, 7) is -0.265. The minimum Gasteiger partial charge on any atom is -0.396 e. The highest BCUT2D eigenvalue weighted by Gasteiger charge is 2.23. The van der Waals surface area contributed by atoms with Crippen molar-refractivity contribution in [2.45, 2.75) is 18.6 Å². The second-order valence-electron chi connectivity index (χ2n) is 3.59. The summed E-state index contributed by atoms with van der Waals surface area (Å²) in [5, 5.41) is 34.4. The fraction of sp³-hybridized carbons (Fsp3) is 0.444. The number of fused-ring (bicyclic) bond motifs is 1. The van der Waals surface area contributed by atoms with Crippen LogP contribution in [-0.2, 0) is 0 Å². The van der Waals surface area contributed by atoms with Crippen molar-refractivity contribution in [3.05, 3.63) is 22.4 Å². The van der Waals surface area contributed by atoms with Crippen LogP contribution in [0.15, 0.2) is 11.1 Å². The number of nitrogens with zero attached hydrogens (tertiary/aromatic N) is 2. The number of nitrogens with one attached hydrogen (secondary N) is 2. The summed E-state index contributed by atoms with van der Waals surface area (Å²) in [6.07, 6.45) is -1.30. The summed E-state index contributed by atoms with van der Waals surface area (Å²) in [6, 6.07) is 0. The van der Waals surface area contributed by atoms with Gasteiger partial charge in [-0.15, -0.1) is 0 Å². The number of rotatable bonds is 4. The van der Waals surface area contributed by atoms with Gasteiger partial charge in [-0.3, -0.25) is 9.89 Å². The average molecular weight is 240 g/mol.